The number of aliphatic carboxylic acids is 1. The van der Waals surface area contributed by atoms with Crippen molar-refractivity contribution in [1.29, 1.82) is 0 Å². The number of urea groups is 1. The van der Waals surface area contributed by atoms with Crippen molar-refractivity contribution in [2.45, 2.75) is 42.1 Å². The zero-order chi connectivity index (χ0) is 24.8. The molecule has 1 aromatic rings. The molecule has 3 heterocycles. The Labute approximate surface area is 198 Å². The van der Waals surface area contributed by atoms with Crippen molar-refractivity contribution in [2.75, 3.05) is 13.1 Å². The summed E-state index contributed by atoms with van der Waals surface area (Å²) in [4.78, 5) is 75.9. The number of carbonyl (C=O) groups excluding carboxylic acids is 5. The van der Waals surface area contributed by atoms with Crippen LogP contribution in [0, 0.1) is 0 Å². The van der Waals surface area contributed by atoms with E-state index in [4.69, 9.17) is 0 Å². The van der Waals surface area contributed by atoms with Crippen LogP contribution in [0.2, 0.25) is 0 Å². The molecular formula is C21H23N5O7S. The second-order valence-electron chi connectivity index (χ2n) is 8.71. The van der Waals surface area contributed by atoms with Crippen molar-refractivity contribution in [3.63, 3.8) is 0 Å². The summed E-state index contributed by atoms with van der Waals surface area (Å²) in [5.41, 5.74) is 0.424. The van der Waals surface area contributed by atoms with Crippen LogP contribution in [0.25, 0.3) is 0 Å². The predicted octanol–water partition coefficient (Wildman–Crippen LogP) is -0.973. The first-order valence-corrected chi connectivity index (χ1v) is 11.3. The molecule has 13 heteroatoms. The molecule has 3 fully saturated rings. The van der Waals surface area contributed by atoms with Crippen LogP contribution in [0.5, 0.6) is 0 Å². The molecule has 0 bridgehead atoms. The molecule has 3 aliphatic heterocycles. The molecule has 0 saturated carbocycles. The molecule has 3 saturated heterocycles. The monoisotopic (exact) mass is 489 g/mol. The fourth-order valence-electron chi connectivity index (χ4n) is 4.32. The molecule has 1 unspecified atom stereocenters. The molecule has 4 N–H and O–H groups in total. The van der Waals surface area contributed by atoms with E-state index >= 15 is 0 Å². The van der Waals surface area contributed by atoms with E-state index in [1.165, 1.54) is 16.7 Å². The number of thioether (sulfide) groups is 1. The molecule has 0 aromatic heterocycles. The first-order chi connectivity index (χ1) is 16.0. The lowest BCUT2D eigenvalue weighted by Gasteiger charge is -2.44. The second-order valence-corrected chi connectivity index (χ2v) is 10.5. The normalized spacial score (nSPS) is 26.2. The Hall–Kier alpha value is -3.61. The van der Waals surface area contributed by atoms with Crippen molar-refractivity contribution in [2.24, 2.45) is 0 Å². The van der Waals surface area contributed by atoms with Crippen LogP contribution in [0.3, 0.4) is 0 Å². The van der Waals surface area contributed by atoms with Gasteiger partial charge in [0.25, 0.3) is 0 Å². The van der Waals surface area contributed by atoms with Gasteiger partial charge in [-0.05, 0) is 19.4 Å². The lowest BCUT2D eigenvalue weighted by molar-refractivity contribution is -0.161. The summed E-state index contributed by atoms with van der Waals surface area (Å²) >= 11 is 1.28. The van der Waals surface area contributed by atoms with Crippen LogP contribution >= 0.6 is 11.8 Å². The molecule has 180 valence electrons. The lowest BCUT2D eigenvalue weighted by Crippen LogP contribution is -2.71. The molecule has 3 aliphatic rings. The first-order valence-electron chi connectivity index (χ1n) is 10.5. The Kier molecular flexibility index (Phi) is 5.98. The van der Waals surface area contributed by atoms with E-state index in [9.17, 15) is 33.9 Å². The highest BCUT2D eigenvalue weighted by molar-refractivity contribution is 8.01. The van der Waals surface area contributed by atoms with E-state index in [1.807, 2.05) is 0 Å². The fourth-order valence-corrected chi connectivity index (χ4v) is 5.95. The minimum absolute atomic E-state index is 0.346. The Balaban J connectivity index is 1.51. The van der Waals surface area contributed by atoms with Crippen LogP contribution in [-0.2, 0) is 24.0 Å². The standard InChI is InChI=1S/C21H23N5O7S/c1-21(2)15(19(31)32)26-17(30)14(18(26)34-21)23-16(29)13(10-6-4-3-5-7-10)24-20(33)25-8-11(27)22-12(28)9-25/h3-7,13-15,18H,8-9H2,1-2H3,(H,23,29)(H,24,33)(H,31,32)(H,22,27,28)/t13?,14-,15+,18-/m1/s1. The summed E-state index contributed by atoms with van der Waals surface area (Å²) in [6.07, 6.45) is 0. The fraction of sp³-hybridized carbons (Fsp3) is 0.429. The van der Waals surface area contributed by atoms with Crippen LogP contribution in [-0.4, -0.2) is 85.8 Å². The largest absolute Gasteiger partial charge is 0.480 e. The zero-order valence-corrected chi connectivity index (χ0v) is 19.1. The van der Waals surface area contributed by atoms with E-state index in [-0.39, 0.29) is 13.1 Å². The predicted molar refractivity (Wildman–Crippen MR) is 118 cm³/mol. The quantitative estimate of drug-likeness (QED) is 0.303. The van der Waals surface area contributed by atoms with Gasteiger partial charge < -0.3 is 25.5 Å². The second kappa shape index (κ2) is 8.63. The number of rotatable bonds is 5. The average Bonchev–Trinajstić information content (AvgIpc) is 3.03. The summed E-state index contributed by atoms with van der Waals surface area (Å²) in [6, 6.07) is 4.31. The van der Waals surface area contributed by atoms with Gasteiger partial charge in [0.1, 0.15) is 36.6 Å². The van der Waals surface area contributed by atoms with Gasteiger partial charge in [0.05, 0.1) is 0 Å². The summed E-state index contributed by atoms with van der Waals surface area (Å²) in [6.45, 7) is 2.76. The number of hydrogen-bond donors (Lipinski definition) is 4. The number of nitrogens with zero attached hydrogens (tertiary/aromatic N) is 2. The minimum Gasteiger partial charge on any atom is -0.480 e. The maximum Gasteiger partial charge on any atom is 0.327 e. The van der Waals surface area contributed by atoms with Crippen molar-refractivity contribution in [3.05, 3.63) is 35.9 Å². The Bertz CT molecular complexity index is 1060. The van der Waals surface area contributed by atoms with Gasteiger partial charge in [-0.3, -0.25) is 24.5 Å². The van der Waals surface area contributed by atoms with Gasteiger partial charge in [0.2, 0.25) is 23.6 Å². The number of imide groups is 1. The van der Waals surface area contributed by atoms with Gasteiger partial charge in [-0.25, -0.2) is 9.59 Å². The van der Waals surface area contributed by atoms with Gasteiger partial charge in [-0.15, -0.1) is 11.8 Å². The van der Waals surface area contributed by atoms with Crippen LogP contribution in [0.1, 0.15) is 25.5 Å². The summed E-state index contributed by atoms with van der Waals surface area (Å²) < 4.78 is -0.750. The van der Waals surface area contributed by atoms with E-state index in [1.54, 1.807) is 44.2 Å². The maximum atomic E-state index is 13.2. The zero-order valence-electron chi connectivity index (χ0n) is 18.3. The Morgan fingerprint density at radius 3 is 2.32 bits per heavy atom. The third-order valence-electron chi connectivity index (χ3n) is 5.87. The molecule has 34 heavy (non-hydrogen) atoms. The number of nitrogens with one attached hydrogen (secondary N) is 3. The van der Waals surface area contributed by atoms with Crippen molar-refractivity contribution in [3.8, 4) is 0 Å². The Morgan fingerprint density at radius 1 is 1.12 bits per heavy atom. The molecule has 4 rings (SSSR count). The van der Waals surface area contributed by atoms with Crippen LogP contribution in [0.15, 0.2) is 30.3 Å². The van der Waals surface area contributed by atoms with Gasteiger partial charge in [-0.1, -0.05) is 30.3 Å². The van der Waals surface area contributed by atoms with E-state index < -0.39 is 63.9 Å². The van der Waals surface area contributed by atoms with Gasteiger partial charge >= 0.3 is 12.0 Å². The SMILES string of the molecule is CC1(C)S[C@@H]2[C@H](NC(=O)C(NC(=O)N3CC(=O)NC(=O)C3)c3ccccc3)C(=O)N2[C@H]1C(=O)O. The highest BCUT2D eigenvalue weighted by atomic mass is 32.2. The maximum absolute atomic E-state index is 13.2. The highest BCUT2D eigenvalue weighted by Crippen LogP contribution is 2.50. The van der Waals surface area contributed by atoms with Gasteiger partial charge in [0, 0.05) is 4.75 Å². The molecule has 1 aromatic carbocycles. The molecule has 12 nitrogen and oxygen atoms in total. The Morgan fingerprint density at radius 2 is 1.74 bits per heavy atom. The smallest absolute Gasteiger partial charge is 0.327 e. The van der Waals surface area contributed by atoms with E-state index in [0.717, 1.165) is 4.90 Å². The first kappa shape index (κ1) is 23.5. The van der Waals surface area contributed by atoms with E-state index in [2.05, 4.69) is 16.0 Å². The number of carbonyl (C=O) groups is 6. The third kappa shape index (κ3) is 4.18. The highest BCUT2D eigenvalue weighted by Gasteiger charge is 2.64. The van der Waals surface area contributed by atoms with Crippen LogP contribution in [0.4, 0.5) is 4.79 Å². The average molecular weight is 490 g/mol. The van der Waals surface area contributed by atoms with Crippen molar-refractivity contribution >= 4 is 47.4 Å². The summed E-state index contributed by atoms with van der Waals surface area (Å²) in [7, 11) is 0. The minimum atomic E-state index is -1.22. The number of amides is 6. The van der Waals surface area contributed by atoms with E-state index in [0.29, 0.717) is 5.56 Å². The number of carboxylic acids is 1. The summed E-state index contributed by atoms with van der Waals surface area (Å²) in [5, 5.41) is 16.3. The van der Waals surface area contributed by atoms with Gasteiger partial charge in [0.15, 0.2) is 0 Å². The molecule has 6 amide bonds. The van der Waals surface area contributed by atoms with Crippen molar-refractivity contribution < 1.29 is 33.9 Å². The van der Waals surface area contributed by atoms with Crippen LogP contribution < -0.4 is 16.0 Å². The number of hydrogen-bond acceptors (Lipinski definition) is 7. The molecule has 0 aliphatic carbocycles. The number of carboxylic acid groups (broad SMARTS) is 1. The molecular weight excluding hydrogens is 466 g/mol. The number of piperazine rings is 1. The number of β-lactam (4-membered cyclic amide) rings is 1. The molecule has 0 radical (unpaired) electrons. The number of benzene rings is 1. The topological polar surface area (TPSA) is 165 Å². The lowest BCUT2D eigenvalue weighted by atomic mass is 9.95. The third-order valence-corrected chi connectivity index (χ3v) is 7.44. The molecule has 4 atom stereocenters. The number of fused-ring (bicyclic) bond motifs is 1. The summed E-state index contributed by atoms with van der Waals surface area (Å²) in [5.74, 6) is -3.59. The molecule has 0 spiro atoms. The van der Waals surface area contributed by atoms with Crippen molar-refractivity contribution in [1.82, 2.24) is 25.8 Å². The van der Waals surface area contributed by atoms with Gasteiger partial charge in [-0.2, -0.15) is 0 Å².